The third kappa shape index (κ3) is 6.05. The predicted molar refractivity (Wildman–Crippen MR) is 129 cm³/mol. The Morgan fingerprint density at radius 1 is 1.23 bits per heavy atom. The molecular weight excluding hydrogens is 550 g/mol. The summed E-state index contributed by atoms with van der Waals surface area (Å²) in [7, 11) is 1.30. The minimum Gasteiger partial charge on any atom is -0.490 e. The van der Waals surface area contributed by atoms with E-state index in [0.29, 0.717) is 32.2 Å². The summed E-state index contributed by atoms with van der Waals surface area (Å²) in [5, 5.41) is 6.94. The van der Waals surface area contributed by atoms with Gasteiger partial charge in [-0.2, -0.15) is 5.10 Å². The van der Waals surface area contributed by atoms with Gasteiger partial charge in [0.25, 0.3) is 0 Å². The fourth-order valence-corrected chi connectivity index (χ4v) is 4.11. The number of halogens is 2. The number of carbonyl (C=O) groups is 1. The largest absolute Gasteiger partial charge is 0.490 e. The lowest BCUT2D eigenvalue weighted by atomic mass is 10.2. The highest BCUT2D eigenvalue weighted by Crippen LogP contribution is 2.42. The van der Waals surface area contributed by atoms with Crippen LogP contribution in [0.15, 0.2) is 55.8 Å². The van der Waals surface area contributed by atoms with Crippen LogP contribution in [0.3, 0.4) is 0 Å². The maximum absolute atomic E-state index is 11.4. The minimum atomic E-state index is -0.487. The first-order valence-corrected chi connectivity index (χ1v) is 11.6. The van der Waals surface area contributed by atoms with Gasteiger partial charge in [-0.25, -0.2) is 9.78 Å². The molecule has 1 heterocycles. The van der Waals surface area contributed by atoms with Gasteiger partial charge in [0.2, 0.25) is 5.13 Å². The van der Waals surface area contributed by atoms with Crippen molar-refractivity contribution in [2.45, 2.75) is 6.92 Å². The number of hydrazone groups is 1. The average Bonchev–Trinajstić information content (AvgIpc) is 3.26. The number of anilines is 1. The molecule has 162 valence electrons. The Morgan fingerprint density at radius 3 is 2.71 bits per heavy atom. The zero-order chi connectivity index (χ0) is 22.2. The van der Waals surface area contributed by atoms with Crippen LogP contribution in [0.2, 0.25) is 0 Å². The smallest absolute Gasteiger partial charge is 0.343 e. The summed E-state index contributed by atoms with van der Waals surface area (Å²) >= 11 is 8.49. The predicted octanol–water partition coefficient (Wildman–Crippen LogP) is 5.73. The van der Waals surface area contributed by atoms with Gasteiger partial charge in [-0.05, 0) is 44.8 Å². The van der Waals surface area contributed by atoms with E-state index in [1.54, 1.807) is 12.3 Å². The summed E-state index contributed by atoms with van der Waals surface area (Å²) in [6.07, 6.45) is 1.64. The number of benzene rings is 2. The number of hydrogen-bond acceptors (Lipinski definition) is 8. The maximum atomic E-state index is 11.4. The normalized spacial score (nSPS) is 10.8. The first kappa shape index (κ1) is 23.2. The van der Waals surface area contributed by atoms with E-state index in [9.17, 15) is 4.79 Å². The summed E-state index contributed by atoms with van der Waals surface area (Å²) in [5.41, 5.74) is 5.63. The number of aromatic nitrogens is 1. The molecule has 0 saturated heterocycles. The highest BCUT2D eigenvalue weighted by atomic mass is 79.9. The SMILES string of the molecule is CCOc1cc(C=NNc2nc(-c3ccccc3)cs2)c(Br)c(Br)c1OCC(=O)OC. The average molecular weight is 569 g/mol. The molecule has 10 heteroatoms. The van der Waals surface area contributed by atoms with Crippen molar-refractivity contribution in [3.05, 3.63) is 56.3 Å². The van der Waals surface area contributed by atoms with E-state index in [4.69, 9.17) is 9.47 Å². The summed E-state index contributed by atoms with van der Waals surface area (Å²) in [6.45, 7) is 2.06. The van der Waals surface area contributed by atoms with Gasteiger partial charge < -0.3 is 14.2 Å². The first-order chi connectivity index (χ1) is 15.0. The van der Waals surface area contributed by atoms with Crippen molar-refractivity contribution in [3.63, 3.8) is 0 Å². The van der Waals surface area contributed by atoms with Crippen molar-refractivity contribution in [1.82, 2.24) is 4.98 Å². The van der Waals surface area contributed by atoms with Crippen LogP contribution in [0, 0.1) is 0 Å². The van der Waals surface area contributed by atoms with Crippen molar-refractivity contribution in [2.75, 3.05) is 25.7 Å². The van der Waals surface area contributed by atoms with E-state index >= 15 is 0 Å². The summed E-state index contributed by atoms with van der Waals surface area (Å²) in [6, 6.07) is 11.7. The number of nitrogens with zero attached hydrogens (tertiary/aromatic N) is 2. The summed E-state index contributed by atoms with van der Waals surface area (Å²) < 4.78 is 17.2. The number of ether oxygens (including phenoxy) is 3. The van der Waals surface area contributed by atoms with Gasteiger partial charge in [-0.3, -0.25) is 5.43 Å². The maximum Gasteiger partial charge on any atom is 0.343 e. The van der Waals surface area contributed by atoms with Gasteiger partial charge in [-0.1, -0.05) is 30.3 Å². The van der Waals surface area contributed by atoms with Crippen LogP contribution in [0.5, 0.6) is 11.5 Å². The van der Waals surface area contributed by atoms with E-state index in [1.165, 1.54) is 18.4 Å². The molecule has 3 rings (SSSR count). The first-order valence-electron chi connectivity index (χ1n) is 9.17. The van der Waals surface area contributed by atoms with Crippen LogP contribution in [0.25, 0.3) is 11.3 Å². The number of rotatable bonds is 9. The Bertz CT molecular complexity index is 1070. The third-order valence-electron chi connectivity index (χ3n) is 3.96. The van der Waals surface area contributed by atoms with Crippen molar-refractivity contribution >= 4 is 60.5 Å². The molecule has 0 aliphatic rings. The van der Waals surface area contributed by atoms with Crippen molar-refractivity contribution in [1.29, 1.82) is 0 Å². The molecular formula is C21H19Br2N3O4S. The van der Waals surface area contributed by atoms with Crippen LogP contribution in [-0.2, 0) is 9.53 Å². The quantitative estimate of drug-likeness (QED) is 0.202. The molecule has 0 bridgehead atoms. The molecule has 0 aliphatic carbocycles. The Kier molecular flexibility index (Phi) is 8.44. The van der Waals surface area contributed by atoms with Crippen LogP contribution >= 0.6 is 43.2 Å². The second-order valence-electron chi connectivity index (χ2n) is 5.99. The van der Waals surface area contributed by atoms with Gasteiger partial charge in [0.15, 0.2) is 18.1 Å². The summed E-state index contributed by atoms with van der Waals surface area (Å²) in [4.78, 5) is 16.0. The Labute approximate surface area is 200 Å². The van der Waals surface area contributed by atoms with Gasteiger partial charge in [0.05, 0.1) is 30.1 Å². The van der Waals surface area contributed by atoms with Gasteiger partial charge in [0, 0.05) is 21.0 Å². The van der Waals surface area contributed by atoms with Crippen LogP contribution in [0.1, 0.15) is 12.5 Å². The number of thiazole rings is 1. The third-order valence-corrected chi connectivity index (χ3v) is 6.85. The second-order valence-corrected chi connectivity index (χ2v) is 8.44. The van der Waals surface area contributed by atoms with Crippen LogP contribution in [-0.4, -0.2) is 37.5 Å². The zero-order valence-corrected chi connectivity index (χ0v) is 20.7. The molecule has 0 saturated carbocycles. The molecule has 1 N–H and O–H groups in total. The molecule has 0 atom stereocenters. The molecule has 0 aliphatic heterocycles. The summed E-state index contributed by atoms with van der Waals surface area (Å²) in [5.74, 6) is 0.388. The highest BCUT2D eigenvalue weighted by molar-refractivity contribution is 9.13. The van der Waals surface area contributed by atoms with Crippen molar-refractivity contribution in [3.8, 4) is 22.8 Å². The minimum absolute atomic E-state index is 0.232. The van der Waals surface area contributed by atoms with E-state index in [0.717, 1.165) is 16.8 Å². The number of hydrogen-bond donors (Lipinski definition) is 1. The number of nitrogens with one attached hydrogen (secondary N) is 1. The molecule has 2 aromatic carbocycles. The fourth-order valence-electron chi connectivity index (χ4n) is 2.51. The number of carbonyl (C=O) groups excluding carboxylic acids is 1. The van der Waals surface area contributed by atoms with Crippen LogP contribution < -0.4 is 14.9 Å². The second kappa shape index (κ2) is 11.3. The van der Waals surface area contributed by atoms with Crippen molar-refractivity contribution < 1.29 is 19.0 Å². The van der Waals surface area contributed by atoms with E-state index < -0.39 is 5.97 Å². The van der Waals surface area contributed by atoms with Gasteiger partial charge in [-0.15, -0.1) is 11.3 Å². The number of methoxy groups -OCH3 is 1. The Hall–Kier alpha value is -2.43. The molecule has 3 aromatic rings. The lowest BCUT2D eigenvalue weighted by Crippen LogP contribution is -2.13. The Morgan fingerprint density at radius 2 is 2.00 bits per heavy atom. The van der Waals surface area contributed by atoms with E-state index in [2.05, 4.69) is 52.1 Å². The van der Waals surface area contributed by atoms with Gasteiger partial charge in [0.1, 0.15) is 0 Å². The van der Waals surface area contributed by atoms with Crippen molar-refractivity contribution in [2.24, 2.45) is 5.10 Å². The molecule has 0 radical (unpaired) electrons. The monoisotopic (exact) mass is 567 g/mol. The Balaban J connectivity index is 1.77. The lowest BCUT2D eigenvalue weighted by molar-refractivity contribution is -0.142. The number of esters is 1. The standard InChI is InChI=1S/C21H19Br2N3O4S/c1-3-29-16-9-14(18(22)19(23)20(16)30-11-17(27)28-2)10-24-26-21-25-15(12-31-21)13-7-5-4-6-8-13/h4-10,12H,3,11H2,1-2H3,(H,25,26). The van der Waals surface area contributed by atoms with Crippen LogP contribution in [0.4, 0.5) is 5.13 Å². The van der Waals surface area contributed by atoms with E-state index in [-0.39, 0.29) is 6.61 Å². The molecule has 7 nitrogen and oxygen atoms in total. The molecule has 0 spiro atoms. The van der Waals surface area contributed by atoms with E-state index in [1.807, 2.05) is 42.6 Å². The molecule has 0 fully saturated rings. The fraction of sp³-hybridized carbons (Fsp3) is 0.190. The molecule has 0 unspecified atom stereocenters. The molecule has 31 heavy (non-hydrogen) atoms. The van der Waals surface area contributed by atoms with Gasteiger partial charge >= 0.3 is 5.97 Å². The molecule has 1 aromatic heterocycles. The lowest BCUT2D eigenvalue weighted by Gasteiger charge is -2.15. The molecule has 0 amide bonds. The highest BCUT2D eigenvalue weighted by Gasteiger charge is 2.18. The zero-order valence-electron chi connectivity index (χ0n) is 16.7. The topological polar surface area (TPSA) is 82.0 Å².